The van der Waals surface area contributed by atoms with Gasteiger partial charge in [0.1, 0.15) is 0 Å². The maximum atomic E-state index is 15.7. The van der Waals surface area contributed by atoms with Gasteiger partial charge in [0.25, 0.3) is 0 Å². The number of piperidine rings is 2. The average Bonchev–Trinajstić information content (AvgIpc) is 2.75. The third-order valence-electron chi connectivity index (χ3n) is 9.98. The van der Waals surface area contributed by atoms with Gasteiger partial charge in [-0.05, 0) is 114 Å². The van der Waals surface area contributed by atoms with Gasteiger partial charge in [-0.25, -0.2) is 9.34 Å². The largest absolute Gasteiger partial charge is 0.296 e. The molecule has 0 bridgehead atoms. The highest BCUT2D eigenvalue weighted by Crippen LogP contribution is 2.61. The maximum absolute atomic E-state index is 15.7. The van der Waals surface area contributed by atoms with Crippen molar-refractivity contribution in [1.29, 1.82) is 0 Å². The van der Waals surface area contributed by atoms with Crippen LogP contribution >= 0.6 is 7.44 Å². The molecule has 0 atom stereocenters. The molecule has 0 radical (unpaired) electrons. The van der Waals surface area contributed by atoms with E-state index in [9.17, 15) is 0 Å². The van der Waals surface area contributed by atoms with Gasteiger partial charge in [0.15, 0.2) is 0 Å². The molecule has 3 heterocycles. The molecule has 3 aliphatic heterocycles. The fourth-order valence-electron chi connectivity index (χ4n) is 7.60. The first kappa shape index (κ1) is 27.3. The van der Waals surface area contributed by atoms with Crippen LogP contribution in [0.15, 0.2) is 30.3 Å². The fourth-order valence-corrected chi connectivity index (χ4v) is 11.1. The summed E-state index contributed by atoms with van der Waals surface area (Å²) in [7, 11) is 1.57. The minimum Gasteiger partial charge on any atom is -0.296 e. The lowest BCUT2D eigenvalue weighted by Crippen LogP contribution is -2.65. The lowest BCUT2D eigenvalue weighted by Gasteiger charge is -2.60. The second-order valence-corrected chi connectivity index (χ2v) is 16.7. The van der Waals surface area contributed by atoms with Crippen LogP contribution in [0.4, 0.5) is 0 Å². The van der Waals surface area contributed by atoms with Gasteiger partial charge in [-0.2, -0.15) is 0 Å². The number of likely N-dealkylation sites (tertiary alicyclic amines) is 2. The summed E-state index contributed by atoms with van der Waals surface area (Å²) in [6.07, 6.45) is 5.26. The van der Waals surface area contributed by atoms with E-state index < -0.39 is 7.44 Å². The van der Waals surface area contributed by atoms with Crippen LogP contribution in [0.1, 0.15) is 87.5 Å². The zero-order chi connectivity index (χ0) is 26.0. The lowest BCUT2D eigenvalue weighted by atomic mass is 9.77. The molecule has 3 fully saturated rings. The average molecular weight is 503 g/mol. The van der Waals surface area contributed by atoms with Crippen molar-refractivity contribution in [2.75, 3.05) is 27.2 Å². The molecule has 0 saturated carbocycles. The topological polar surface area (TPSA) is 30.0 Å². The molecule has 0 aromatic heterocycles. The summed E-state index contributed by atoms with van der Waals surface area (Å²) in [4.78, 5) is 5.07. The molecule has 35 heavy (non-hydrogen) atoms. The van der Waals surface area contributed by atoms with Crippen LogP contribution in [0.3, 0.4) is 0 Å². The Morgan fingerprint density at radius 3 is 1.34 bits per heavy atom. The SMILES string of the molecule is CN1C(C)(C)CC(N2CCCN(C3CC(C)(C)N(C)C(C)(C)C3)P2(=O)c2ccccc2)CC1(C)C. The van der Waals surface area contributed by atoms with Gasteiger partial charge in [0.2, 0.25) is 7.44 Å². The first-order chi connectivity index (χ1) is 16.0. The third kappa shape index (κ3) is 4.70. The van der Waals surface area contributed by atoms with E-state index in [1.165, 1.54) is 0 Å². The van der Waals surface area contributed by atoms with Crippen molar-refractivity contribution in [3.8, 4) is 0 Å². The van der Waals surface area contributed by atoms with Crippen LogP contribution in [0.2, 0.25) is 0 Å². The number of nitrogens with zero attached hydrogens (tertiary/aromatic N) is 4. The highest BCUT2D eigenvalue weighted by molar-refractivity contribution is 7.67. The summed E-state index contributed by atoms with van der Waals surface area (Å²) in [6.45, 7) is 20.7. The van der Waals surface area contributed by atoms with Crippen molar-refractivity contribution >= 4 is 12.7 Å². The van der Waals surface area contributed by atoms with E-state index in [2.05, 4.69) is 119 Å². The Morgan fingerprint density at radius 2 is 1.00 bits per heavy atom. The first-order valence-corrected chi connectivity index (χ1v) is 15.3. The zero-order valence-corrected chi connectivity index (χ0v) is 25.0. The Balaban J connectivity index is 1.79. The molecule has 0 amide bonds. The lowest BCUT2D eigenvalue weighted by molar-refractivity contribution is -0.0449. The van der Waals surface area contributed by atoms with Crippen molar-refractivity contribution in [3.05, 3.63) is 30.3 Å². The molecule has 3 aliphatic rings. The van der Waals surface area contributed by atoms with Gasteiger partial charge >= 0.3 is 0 Å². The summed E-state index contributed by atoms with van der Waals surface area (Å²) < 4.78 is 20.7. The molecule has 198 valence electrons. The van der Waals surface area contributed by atoms with E-state index in [-0.39, 0.29) is 22.2 Å². The van der Waals surface area contributed by atoms with E-state index in [4.69, 9.17) is 0 Å². The van der Waals surface area contributed by atoms with Crippen LogP contribution in [0, 0.1) is 0 Å². The molecular weight excluding hydrogens is 451 g/mol. The smallest absolute Gasteiger partial charge is 0.246 e. The van der Waals surface area contributed by atoms with Crippen LogP contribution in [0.25, 0.3) is 0 Å². The van der Waals surface area contributed by atoms with Gasteiger partial charge in [0.05, 0.1) is 0 Å². The standard InChI is InChI=1S/C29H51N4OP/c1-26(2)19-23(20-27(3,4)30(26)9)32-17-14-18-33(35(32,34)25-15-12-11-13-16-25)24-21-28(5,6)31(10)29(7,8)22-24/h11-13,15-16,23-24H,14,17-22H2,1-10H3. The van der Waals surface area contributed by atoms with E-state index in [0.29, 0.717) is 12.1 Å². The fraction of sp³-hybridized carbons (Fsp3) is 0.793. The number of benzene rings is 1. The second-order valence-electron chi connectivity index (χ2n) is 14.1. The molecule has 0 aliphatic carbocycles. The van der Waals surface area contributed by atoms with Gasteiger partial charge in [-0.3, -0.25) is 14.4 Å². The molecule has 4 rings (SSSR count). The van der Waals surface area contributed by atoms with E-state index in [0.717, 1.165) is 50.5 Å². The second kappa shape index (κ2) is 8.95. The minimum absolute atomic E-state index is 0.0632. The monoisotopic (exact) mass is 502 g/mol. The van der Waals surface area contributed by atoms with Crippen LogP contribution in [-0.2, 0) is 4.57 Å². The van der Waals surface area contributed by atoms with Crippen molar-refractivity contribution in [1.82, 2.24) is 19.1 Å². The summed E-state index contributed by atoms with van der Waals surface area (Å²) in [5.41, 5.74) is 0.253. The van der Waals surface area contributed by atoms with Crippen LogP contribution < -0.4 is 5.30 Å². The highest BCUT2D eigenvalue weighted by Gasteiger charge is 2.55. The van der Waals surface area contributed by atoms with Crippen molar-refractivity contribution < 1.29 is 4.57 Å². The van der Waals surface area contributed by atoms with E-state index in [1.54, 1.807) is 0 Å². The third-order valence-corrected chi connectivity index (χ3v) is 13.4. The Labute approximate surface area is 215 Å². The molecule has 3 saturated heterocycles. The summed E-state index contributed by atoms with van der Waals surface area (Å²) in [6, 6.07) is 11.1. The molecule has 1 aromatic rings. The van der Waals surface area contributed by atoms with Gasteiger partial charge in [-0.15, -0.1) is 0 Å². The zero-order valence-electron chi connectivity index (χ0n) is 24.1. The molecule has 1 aromatic carbocycles. The summed E-state index contributed by atoms with van der Waals surface area (Å²) in [5.74, 6) is 0. The Kier molecular flexibility index (Phi) is 6.98. The molecule has 0 unspecified atom stereocenters. The van der Waals surface area contributed by atoms with Crippen LogP contribution in [0.5, 0.6) is 0 Å². The molecule has 5 nitrogen and oxygen atoms in total. The van der Waals surface area contributed by atoms with Gasteiger partial charge in [-0.1, -0.05) is 18.2 Å². The normalized spacial score (nSPS) is 30.3. The Hall–Kier alpha value is -0.710. The predicted molar refractivity (Wildman–Crippen MR) is 150 cm³/mol. The maximum Gasteiger partial charge on any atom is 0.246 e. The predicted octanol–water partition coefficient (Wildman–Crippen LogP) is 5.82. The number of hydrogen-bond donors (Lipinski definition) is 0. The van der Waals surface area contributed by atoms with Crippen molar-refractivity contribution in [3.63, 3.8) is 0 Å². The van der Waals surface area contributed by atoms with E-state index in [1.807, 2.05) is 0 Å². The van der Waals surface area contributed by atoms with Crippen LogP contribution in [-0.4, -0.2) is 80.6 Å². The minimum atomic E-state index is -2.96. The molecule has 0 N–H and O–H groups in total. The van der Waals surface area contributed by atoms with Gasteiger partial charge < -0.3 is 0 Å². The molecular formula is C29H51N4OP. The molecule has 0 spiro atoms. The van der Waals surface area contributed by atoms with Crippen molar-refractivity contribution in [2.24, 2.45) is 0 Å². The Bertz CT molecular complexity index is 867. The molecule has 6 heteroatoms. The Morgan fingerprint density at radius 1 is 0.657 bits per heavy atom. The number of rotatable bonds is 3. The van der Waals surface area contributed by atoms with Crippen molar-refractivity contribution in [2.45, 2.75) is 122 Å². The highest BCUT2D eigenvalue weighted by atomic mass is 31.2. The number of hydrogen-bond acceptors (Lipinski definition) is 3. The van der Waals surface area contributed by atoms with Gasteiger partial charge in [0, 0.05) is 52.6 Å². The first-order valence-electron chi connectivity index (χ1n) is 13.7. The quantitative estimate of drug-likeness (QED) is 0.486. The van der Waals surface area contributed by atoms with E-state index >= 15 is 4.57 Å². The summed E-state index contributed by atoms with van der Waals surface area (Å²) in [5, 5.41) is 1.02. The summed E-state index contributed by atoms with van der Waals surface area (Å²) >= 11 is 0.